The second-order valence-electron chi connectivity index (χ2n) is 6.83. The molecule has 5 heteroatoms. The van der Waals surface area contributed by atoms with Gasteiger partial charge in [0.25, 0.3) is 0 Å². The van der Waals surface area contributed by atoms with Gasteiger partial charge in [0.1, 0.15) is 5.82 Å². The largest absolute Gasteiger partial charge is 0.381 e. The topological polar surface area (TPSA) is 55.6 Å². The number of hydrogen-bond donors (Lipinski definition) is 1. The fourth-order valence-electron chi connectivity index (χ4n) is 3.56. The Morgan fingerprint density at radius 3 is 2.43 bits per heavy atom. The number of ether oxygens (including phenoxy) is 1. The van der Waals surface area contributed by atoms with Crippen LogP contribution in [0.2, 0.25) is 0 Å². The Morgan fingerprint density at radius 1 is 1.22 bits per heavy atom. The van der Waals surface area contributed by atoms with Crippen LogP contribution in [0.4, 0.5) is 4.39 Å². The molecule has 1 aromatic carbocycles. The summed E-state index contributed by atoms with van der Waals surface area (Å²) in [5, 5.41) is 0. The van der Waals surface area contributed by atoms with Crippen molar-refractivity contribution >= 4 is 5.91 Å². The van der Waals surface area contributed by atoms with Crippen molar-refractivity contribution in [1.29, 1.82) is 0 Å². The van der Waals surface area contributed by atoms with Crippen LogP contribution in [0.5, 0.6) is 0 Å². The molecule has 0 saturated carbocycles. The molecule has 2 aliphatic rings. The molecule has 0 aliphatic carbocycles. The van der Waals surface area contributed by atoms with Crippen LogP contribution in [0.1, 0.15) is 31.2 Å². The Bertz CT molecular complexity index is 532. The number of carbonyl (C=O) groups is 1. The molecule has 1 aromatic rings. The van der Waals surface area contributed by atoms with Gasteiger partial charge in [-0.05, 0) is 55.7 Å². The van der Waals surface area contributed by atoms with Crippen molar-refractivity contribution in [3.63, 3.8) is 0 Å². The molecule has 4 nitrogen and oxygen atoms in total. The van der Waals surface area contributed by atoms with Crippen LogP contribution in [0.3, 0.4) is 0 Å². The highest BCUT2D eigenvalue weighted by molar-refractivity contribution is 5.86. The van der Waals surface area contributed by atoms with E-state index in [2.05, 4.69) is 0 Å². The summed E-state index contributed by atoms with van der Waals surface area (Å²) in [6.45, 7) is 2.68. The summed E-state index contributed by atoms with van der Waals surface area (Å²) < 4.78 is 18.3. The zero-order valence-electron chi connectivity index (χ0n) is 13.5. The summed E-state index contributed by atoms with van der Waals surface area (Å²) in [5.74, 6) is 0.438. The molecule has 0 aromatic heterocycles. The summed E-state index contributed by atoms with van der Waals surface area (Å²) in [4.78, 5) is 14.6. The average Bonchev–Trinajstić information content (AvgIpc) is 2.58. The maximum Gasteiger partial charge on any atom is 0.242 e. The number of nitrogens with zero attached hydrogens (tertiary/aromatic N) is 1. The number of benzene rings is 1. The van der Waals surface area contributed by atoms with E-state index in [1.807, 2.05) is 17.0 Å². The fourth-order valence-corrected chi connectivity index (χ4v) is 3.56. The first-order chi connectivity index (χ1) is 11.1. The number of nitrogens with two attached hydrogens (primary N) is 1. The SMILES string of the molecule is NC1(C(=O)N2CCC(Cc3ccc(F)cc3)CC2)CCOCC1. The Kier molecular flexibility index (Phi) is 4.97. The van der Waals surface area contributed by atoms with Crippen molar-refractivity contribution in [2.45, 2.75) is 37.6 Å². The van der Waals surface area contributed by atoms with Gasteiger partial charge in [-0.2, -0.15) is 0 Å². The van der Waals surface area contributed by atoms with Crippen molar-refractivity contribution in [3.8, 4) is 0 Å². The normalized spacial score (nSPS) is 22.1. The average molecular weight is 320 g/mol. The Morgan fingerprint density at radius 2 is 1.83 bits per heavy atom. The van der Waals surface area contributed by atoms with E-state index in [1.165, 1.54) is 12.1 Å². The number of halogens is 1. The summed E-state index contributed by atoms with van der Waals surface area (Å²) in [5.41, 5.74) is 6.73. The quantitative estimate of drug-likeness (QED) is 0.928. The Balaban J connectivity index is 1.51. The summed E-state index contributed by atoms with van der Waals surface area (Å²) in [6, 6.07) is 6.72. The molecule has 0 atom stereocenters. The monoisotopic (exact) mass is 320 g/mol. The number of amides is 1. The maximum atomic E-state index is 13.0. The number of carbonyl (C=O) groups excluding carboxylic acids is 1. The van der Waals surface area contributed by atoms with Gasteiger partial charge in [-0.25, -0.2) is 4.39 Å². The van der Waals surface area contributed by atoms with Crippen LogP contribution in [-0.4, -0.2) is 42.6 Å². The molecule has 3 rings (SSSR count). The Hall–Kier alpha value is -1.46. The molecule has 2 heterocycles. The van der Waals surface area contributed by atoms with Crippen molar-refractivity contribution in [2.24, 2.45) is 11.7 Å². The lowest BCUT2D eigenvalue weighted by atomic mass is 9.86. The van der Waals surface area contributed by atoms with E-state index in [0.29, 0.717) is 32.0 Å². The Labute approximate surface area is 136 Å². The highest BCUT2D eigenvalue weighted by Crippen LogP contribution is 2.26. The predicted molar refractivity (Wildman–Crippen MR) is 86.4 cm³/mol. The van der Waals surface area contributed by atoms with Crippen LogP contribution in [0.25, 0.3) is 0 Å². The van der Waals surface area contributed by atoms with Crippen LogP contribution in [0.15, 0.2) is 24.3 Å². The number of hydrogen-bond acceptors (Lipinski definition) is 3. The van der Waals surface area contributed by atoms with E-state index < -0.39 is 5.54 Å². The zero-order chi connectivity index (χ0) is 16.3. The summed E-state index contributed by atoms with van der Waals surface area (Å²) >= 11 is 0. The minimum Gasteiger partial charge on any atom is -0.381 e. The van der Waals surface area contributed by atoms with Gasteiger partial charge in [-0.15, -0.1) is 0 Å². The fraction of sp³-hybridized carbons (Fsp3) is 0.611. The summed E-state index contributed by atoms with van der Waals surface area (Å²) in [7, 11) is 0. The van der Waals surface area contributed by atoms with Crippen molar-refractivity contribution in [2.75, 3.05) is 26.3 Å². The first kappa shape index (κ1) is 16.4. The highest BCUT2D eigenvalue weighted by atomic mass is 19.1. The molecule has 126 valence electrons. The van der Waals surface area contributed by atoms with E-state index in [4.69, 9.17) is 10.5 Å². The van der Waals surface area contributed by atoms with Gasteiger partial charge in [0, 0.05) is 26.3 Å². The first-order valence-electron chi connectivity index (χ1n) is 8.47. The molecule has 0 bridgehead atoms. The lowest BCUT2D eigenvalue weighted by Gasteiger charge is -2.40. The minimum atomic E-state index is -0.734. The van der Waals surface area contributed by atoms with E-state index in [-0.39, 0.29) is 11.7 Å². The van der Waals surface area contributed by atoms with Crippen LogP contribution < -0.4 is 5.73 Å². The molecule has 0 radical (unpaired) electrons. The molecule has 1 amide bonds. The van der Waals surface area contributed by atoms with Crippen LogP contribution in [-0.2, 0) is 16.0 Å². The number of likely N-dealkylation sites (tertiary alicyclic amines) is 1. The number of rotatable bonds is 3. The van der Waals surface area contributed by atoms with Crippen LogP contribution >= 0.6 is 0 Å². The van der Waals surface area contributed by atoms with Gasteiger partial charge >= 0.3 is 0 Å². The van der Waals surface area contributed by atoms with Gasteiger partial charge in [0.05, 0.1) is 5.54 Å². The first-order valence-corrected chi connectivity index (χ1v) is 8.47. The van der Waals surface area contributed by atoms with E-state index >= 15 is 0 Å². The maximum absolute atomic E-state index is 13.0. The standard InChI is InChI=1S/C18H25FN2O2/c19-16-3-1-14(2-4-16)13-15-5-9-21(10-6-15)17(22)18(20)7-11-23-12-8-18/h1-4,15H,5-13,20H2. The second-order valence-corrected chi connectivity index (χ2v) is 6.83. The van der Waals surface area contributed by atoms with Crippen molar-refractivity contribution < 1.29 is 13.9 Å². The molecule has 2 fully saturated rings. The molecule has 0 spiro atoms. The van der Waals surface area contributed by atoms with E-state index in [1.54, 1.807) is 0 Å². The third kappa shape index (κ3) is 3.90. The molecule has 2 saturated heterocycles. The minimum absolute atomic E-state index is 0.0843. The van der Waals surface area contributed by atoms with E-state index in [9.17, 15) is 9.18 Å². The van der Waals surface area contributed by atoms with Gasteiger partial charge in [-0.3, -0.25) is 4.79 Å². The molecule has 2 aliphatic heterocycles. The summed E-state index contributed by atoms with van der Waals surface area (Å²) in [6.07, 6.45) is 4.14. The lowest BCUT2D eigenvalue weighted by molar-refractivity contribution is -0.142. The van der Waals surface area contributed by atoms with Gasteiger partial charge < -0.3 is 15.4 Å². The van der Waals surface area contributed by atoms with Gasteiger partial charge in [0.15, 0.2) is 0 Å². The molecular weight excluding hydrogens is 295 g/mol. The third-order valence-corrected chi connectivity index (χ3v) is 5.15. The molecule has 2 N–H and O–H groups in total. The zero-order valence-corrected chi connectivity index (χ0v) is 13.5. The van der Waals surface area contributed by atoms with Gasteiger partial charge in [-0.1, -0.05) is 12.1 Å². The lowest BCUT2D eigenvalue weighted by Crippen LogP contribution is -2.59. The third-order valence-electron chi connectivity index (χ3n) is 5.15. The highest BCUT2D eigenvalue weighted by Gasteiger charge is 2.39. The van der Waals surface area contributed by atoms with Crippen LogP contribution in [0, 0.1) is 11.7 Å². The predicted octanol–water partition coefficient (Wildman–Crippen LogP) is 2.11. The smallest absolute Gasteiger partial charge is 0.242 e. The number of piperidine rings is 1. The second kappa shape index (κ2) is 6.97. The molecular formula is C18H25FN2O2. The molecule has 0 unspecified atom stereocenters. The van der Waals surface area contributed by atoms with Crippen molar-refractivity contribution in [1.82, 2.24) is 4.90 Å². The molecule has 23 heavy (non-hydrogen) atoms. The van der Waals surface area contributed by atoms with E-state index in [0.717, 1.165) is 37.9 Å². The van der Waals surface area contributed by atoms with Crippen molar-refractivity contribution in [3.05, 3.63) is 35.6 Å². The van der Waals surface area contributed by atoms with Gasteiger partial charge in [0.2, 0.25) is 5.91 Å².